The van der Waals surface area contributed by atoms with Crippen LogP contribution in [0.1, 0.15) is 68.7 Å². The Morgan fingerprint density at radius 3 is 2.31 bits per heavy atom. The van der Waals surface area contributed by atoms with Crippen LogP contribution in [0.2, 0.25) is 0 Å². The van der Waals surface area contributed by atoms with Crippen molar-refractivity contribution in [2.24, 2.45) is 0 Å². The van der Waals surface area contributed by atoms with Gasteiger partial charge in [0.05, 0.1) is 5.69 Å². The summed E-state index contributed by atoms with van der Waals surface area (Å²) in [6.07, 6.45) is 1.80. The van der Waals surface area contributed by atoms with Crippen molar-refractivity contribution >= 4 is 5.97 Å². The Balaban J connectivity index is 3.28. The summed E-state index contributed by atoms with van der Waals surface area (Å²) >= 11 is 0. The van der Waals surface area contributed by atoms with Gasteiger partial charge in [0, 0.05) is 12.0 Å². The molecule has 0 saturated heterocycles. The van der Waals surface area contributed by atoms with E-state index >= 15 is 0 Å². The van der Waals surface area contributed by atoms with E-state index < -0.39 is 5.97 Å². The Bertz CT molecular complexity index is 367. The highest BCUT2D eigenvalue weighted by Gasteiger charge is 2.25. The molecule has 0 aromatic carbocycles. The van der Waals surface area contributed by atoms with Gasteiger partial charge in [-0.2, -0.15) is 0 Å². The van der Waals surface area contributed by atoms with Crippen LogP contribution < -0.4 is 0 Å². The van der Waals surface area contributed by atoms with Gasteiger partial charge in [0.1, 0.15) is 0 Å². The number of nitrogens with zero attached hydrogens (tertiary/aromatic N) is 3. The average molecular weight is 225 g/mol. The molecule has 5 heteroatoms. The molecule has 90 valence electrons. The molecule has 0 saturated carbocycles. The van der Waals surface area contributed by atoms with Crippen LogP contribution in [0.4, 0.5) is 0 Å². The zero-order valence-electron chi connectivity index (χ0n) is 10.3. The van der Waals surface area contributed by atoms with E-state index in [1.807, 2.05) is 13.8 Å². The van der Waals surface area contributed by atoms with E-state index in [0.717, 1.165) is 18.5 Å². The lowest BCUT2D eigenvalue weighted by Crippen LogP contribution is -2.14. The Morgan fingerprint density at radius 1 is 1.38 bits per heavy atom. The maximum Gasteiger partial charge on any atom is 0.358 e. The summed E-state index contributed by atoms with van der Waals surface area (Å²) in [4.78, 5) is 11.1. The van der Waals surface area contributed by atoms with E-state index in [2.05, 4.69) is 24.2 Å². The fraction of sp³-hybridized carbons (Fsp3) is 0.727. The molecule has 0 aliphatic carbocycles. The van der Waals surface area contributed by atoms with Gasteiger partial charge in [0.15, 0.2) is 5.69 Å². The van der Waals surface area contributed by atoms with Crippen LogP contribution in [0.15, 0.2) is 0 Å². The summed E-state index contributed by atoms with van der Waals surface area (Å²) in [5.41, 5.74) is 0.856. The Kier molecular flexibility index (Phi) is 4.04. The summed E-state index contributed by atoms with van der Waals surface area (Å²) in [5.74, 6) is -0.780. The molecule has 1 rings (SSSR count). The molecule has 1 heterocycles. The van der Waals surface area contributed by atoms with Crippen molar-refractivity contribution in [1.29, 1.82) is 0 Å². The largest absolute Gasteiger partial charge is 0.476 e. The number of rotatable bonds is 5. The van der Waals surface area contributed by atoms with Crippen molar-refractivity contribution in [2.45, 2.75) is 52.5 Å². The summed E-state index contributed by atoms with van der Waals surface area (Å²) in [5, 5.41) is 16.8. The second-order valence-corrected chi connectivity index (χ2v) is 4.18. The van der Waals surface area contributed by atoms with Gasteiger partial charge in [-0.15, -0.1) is 5.10 Å². The second-order valence-electron chi connectivity index (χ2n) is 4.18. The van der Waals surface area contributed by atoms with Gasteiger partial charge in [-0.1, -0.05) is 19.1 Å². The maximum absolute atomic E-state index is 11.1. The SMILES string of the molecule is CCC(CC)c1c(C(=O)O)nnn1C(C)C. The maximum atomic E-state index is 11.1. The van der Waals surface area contributed by atoms with Crippen LogP contribution in [0, 0.1) is 0 Å². The molecular weight excluding hydrogens is 206 g/mol. The first-order chi connectivity index (χ1) is 7.52. The number of carboxylic acid groups (broad SMARTS) is 1. The van der Waals surface area contributed by atoms with E-state index in [1.165, 1.54) is 0 Å². The third kappa shape index (κ3) is 2.23. The molecule has 1 aromatic heterocycles. The van der Waals surface area contributed by atoms with Crippen molar-refractivity contribution in [3.8, 4) is 0 Å². The van der Waals surface area contributed by atoms with Crippen LogP contribution >= 0.6 is 0 Å². The topological polar surface area (TPSA) is 68.0 Å². The lowest BCUT2D eigenvalue weighted by Gasteiger charge is -2.17. The Hall–Kier alpha value is -1.39. The van der Waals surface area contributed by atoms with E-state index in [0.29, 0.717) is 0 Å². The highest BCUT2D eigenvalue weighted by molar-refractivity contribution is 5.86. The standard InChI is InChI=1S/C11H19N3O2/c1-5-8(6-2)10-9(11(15)16)12-13-14(10)7(3)4/h7-8H,5-6H2,1-4H3,(H,15,16). The monoisotopic (exact) mass is 225 g/mol. The molecule has 0 aliphatic rings. The molecule has 0 amide bonds. The fourth-order valence-electron chi connectivity index (χ4n) is 1.89. The first-order valence-corrected chi connectivity index (χ1v) is 5.71. The van der Waals surface area contributed by atoms with Crippen molar-refractivity contribution in [3.05, 3.63) is 11.4 Å². The fourth-order valence-corrected chi connectivity index (χ4v) is 1.89. The molecule has 16 heavy (non-hydrogen) atoms. The molecule has 1 N–H and O–H groups in total. The molecule has 5 nitrogen and oxygen atoms in total. The van der Waals surface area contributed by atoms with Crippen LogP contribution in [0.25, 0.3) is 0 Å². The van der Waals surface area contributed by atoms with Gasteiger partial charge in [0.2, 0.25) is 0 Å². The molecule has 0 atom stereocenters. The normalized spacial score (nSPS) is 11.4. The minimum absolute atomic E-state index is 0.0994. The summed E-state index contributed by atoms with van der Waals surface area (Å²) in [7, 11) is 0. The molecule has 0 radical (unpaired) electrons. The summed E-state index contributed by atoms with van der Waals surface area (Å²) < 4.78 is 1.72. The van der Waals surface area contributed by atoms with E-state index in [-0.39, 0.29) is 17.7 Å². The molecular formula is C11H19N3O2. The van der Waals surface area contributed by atoms with Crippen LogP contribution in [-0.2, 0) is 0 Å². The third-order valence-corrected chi connectivity index (χ3v) is 2.79. The van der Waals surface area contributed by atoms with Gasteiger partial charge in [-0.3, -0.25) is 0 Å². The minimum Gasteiger partial charge on any atom is -0.476 e. The molecule has 1 aromatic rings. The third-order valence-electron chi connectivity index (χ3n) is 2.79. The van der Waals surface area contributed by atoms with Crippen LogP contribution in [0.5, 0.6) is 0 Å². The number of hydrogen-bond acceptors (Lipinski definition) is 3. The summed E-state index contributed by atoms with van der Waals surface area (Å²) in [6, 6.07) is 0.135. The highest BCUT2D eigenvalue weighted by atomic mass is 16.4. The Labute approximate surface area is 95.5 Å². The van der Waals surface area contributed by atoms with Gasteiger partial charge in [-0.05, 0) is 26.7 Å². The predicted molar refractivity (Wildman–Crippen MR) is 60.7 cm³/mol. The van der Waals surface area contributed by atoms with E-state index in [1.54, 1.807) is 4.68 Å². The van der Waals surface area contributed by atoms with Gasteiger partial charge in [0.25, 0.3) is 0 Å². The smallest absolute Gasteiger partial charge is 0.358 e. The number of aromatic nitrogens is 3. The van der Waals surface area contributed by atoms with Gasteiger partial charge in [-0.25, -0.2) is 9.48 Å². The van der Waals surface area contributed by atoms with Crippen molar-refractivity contribution in [3.63, 3.8) is 0 Å². The lowest BCUT2D eigenvalue weighted by atomic mass is 9.97. The predicted octanol–water partition coefficient (Wildman–Crippen LogP) is 2.46. The van der Waals surface area contributed by atoms with Crippen LogP contribution in [-0.4, -0.2) is 26.1 Å². The van der Waals surface area contributed by atoms with Gasteiger partial charge >= 0.3 is 5.97 Å². The van der Waals surface area contributed by atoms with Crippen LogP contribution in [0.3, 0.4) is 0 Å². The number of aromatic carboxylic acids is 1. The van der Waals surface area contributed by atoms with E-state index in [9.17, 15) is 4.79 Å². The zero-order chi connectivity index (χ0) is 12.3. The quantitative estimate of drug-likeness (QED) is 0.835. The molecule has 0 aliphatic heterocycles. The average Bonchev–Trinajstić information content (AvgIpc) is 2.64. The first kappa shape index (κ1) is 12.7. The number of carbonyl (C=O) groups is 1. The second kappa shape index (κ2) is 5.09. The molecule has 0 spiro atoms. The summed E-state index contributed by atoms with van der Waals surface area (Å²) in [6.45, 7) is 8.06. The number of carboxylic acids is 1. The minimum atomic E-state index is -0.992. The van der Waals surface area contributed by atoms with Crippen molar-refractivity contribution < 1.29 is 9.90 Å². The van der Waals surface area contributed by atoms with Crippen molar-refractivity contribution in [2.75, 3.05) is 0 Å². The van der Waals surface area contributed by atoms with Crippen molar-refractivity contribution in [1.82, 2.24) is 15.0 Å². The first-order valence-electron chi connectivity index (χ1n) is 5.71. The Morgan fingerprint density at radius 2 is 1.94 bits per heavy atom. The highest BCUT2D eigenvalue weighted by Crippen LogP contribution is 2.27. The van der Waals surface area contributed by atoms with E-state index in [4.69, 9.17) is 5.11 Å². The molecule has 0 bridgehead atoms. The molecule has 0 unspecified atom stereocenters. The van der Waals surface area contributed by atoms with Gasteiger partial charge < -0.3 is 5.11 Å². The lowest BCUT2D eigenvalue weighted by molar-refractivity contribution is 0.0688. The number of hydrogen-bond donors (Lipinski definition) is 1. The molecule has 0 fully saturated rings. The zero-order valence-corrected chi connectivity index (χ0v) is 10.3.